The Kier molecular flexibility index (Phi) is 11.3. The van der Waals surface area contributed by atoms with Gasteiger partial charge in [0.15, 0.2) is 0 Å². The number of piperidine rings is 1. The first-order valence-corrected chi connectivity index (χ1v) is 9.87. The number of nitrogens with zero attached hydrogens (tertiary/aromatic N) is 4. The molecule has 3 heterocycles. The Labute approximate surface area is 185 Å². The molecule has 2 saturated heterocycles. The fourth-order valence-electron chi connectivity index (χ4n) is 3.90. The number of esters is 1. The highest BCUT2D eigenvalue weighted by atomic mass is 35.5. The molecule has 164 valence electrons. The Morgan fingerprint density at radius 2 is 1.66 bits per heavy atom. The Hall–Kier alpha value is -1.57. The van der Waals surface area contributed by atoms with E-state index in [0.717, 1.165) is 58.7 Å². The van der Waals surface area contributed by atoms with E-state index in [1.807, 2.05) is 29.4 Å². The number of piperazine rings is 1. The van der Waals surface area contributed by atoms with Crippen LogP contribution in [0.15, 0.2) is 24.5 Å². The molecule has 0 saturated carbocycles. The van der Waals surface area contributed by atoms with Crippen LogP contribution in [0.5, 0.6) is 0 Å². The molecule has 2 aliphatic rings. The lowest BCUT2D eigenvalue weighted by molar-refractivity contribution is -0.142. The van der Waals surface area contributed by atoms with Crippen molar-refractivity contribution in [3.8, 4) is 0 Å². The molecule has 3 rings (SSSR count). The molecule has 7 nitrogen and oxygen atoms in total. The maximum atomic E-state index is 12.5. The van der Waals surface area contributed by atoms with Gasteiger partial charge in [-0.25, -0.2) is 0 Å². The minimum Gasteiger partial charge on any atom is -0.469 e. The van der Waals surface area contributed by atoms with Gasteiger partial charge < -0.3 is 14.5 Å². The molecule has 0 N–H and O–H groups in total. The quantitative estimate of drug-likeness (QED) is 0.624. The number of ether oxygens (including phenoxy) is 1. The molecule has 0 radical (unpaired) electrons. The topological polar surface area (TPSA) is 66.0 Å². The zero-order chi connectivity index (χ0) is 19.1. The third-order valence-electron chi connectivity index (χ3n) is 5.69. The molecule has 0 aliphatic carbocycles. The van der Waals surface area contributed by atoms with Crippen LogP contribution in [0.25, 0.3) is 0 Å². The molecule has 29 heavy (non-hydrogen) atoms. The summed E-state index contributed by atoms with van der Waals surface area (Å²) >= 11 is 0. The molecule has 9 heteroatoms. The van der Waals surface area contributed by atoms with Crippen molar-refractivity contribution in [2.75, 3.05) is 57.8 Å². The lowest BCUT2D eigenvalue weighted by Crippen LogP contribution is -2.47. The molecule has 0 aromatic carbocycles. The lowest BCUT2D eigenvalue weighted by Gasteiger charge is -2.36. The van der Waals surface area contributed by atoms with Crippen LogP contribution in [-0.2, 0) is 14.3 Å². The van der Waals surface area contributed by atoms with E-state index in [1.165, 1.54) is 12.8 Å². The summed E-state index contributed by atoms with van der Waals surface area (Å²) in [5.74, 6) is 0.441. The number of hydrogen-bond acceptors (Lipinski definition) is 6. The molecule has 1 aromatic heterocycles. The number of likely N-dealkylation sites (tertiary alicyclic amines) is 1. The molecular weight excluding hydrogens is 415 g/mol. The number of pyridine rings is 1. The Morgan fingerprint density at radius 3 is 2.24 bits per heavy atom. The smallest absolute Gasteiger partial charge is 0.305 e. The first-order valence-electron chi connectivity index (χ1n) is 9.87. The Morgan fingerprint density at radius 1 is 1.03 bits per heavy atom. The number of aromatic nitrogens is 1. The molecule has 2 aliphatic heterocycles. The zero-order valence-electron chi connectivity index (χ0n) is 17.0. The van der Waals surface area contributed by atoms with Gasteiger partial charge in [-0.15, -0.1) is 24.8 Å². The second-order valence-electron chi connectivity index (χ2n) is 7.39. The van der Waals surface area contributed by atoms with E-state index in [4.69, 9.17) is 4.74 Å². The van der Waals surface area contributed by atoms with Crippen LogP contribution in [0.2, 0.25) is 0 Å². The van der Waals surface area contributed by atoms with Gasteiger partial charge >= 0.3 is 5.97 Å². The summed E-state index contributed by atoms with van der Waals surface area (Å²) in [5.41, 5.74) is 1.22. The van der Waals surface area contributed by atoms with Crippen molar-refractivity contribution in [2.24, 2.45) is 5.92 Å². The third-order valence-corrected chi connectivity index (χ3v) is 5.69. The van der Waals surface area contributed by atoms with E-state index >= 15 is 0 Å². The van der Waals surface area contributed by atoms with Gasteiger partial charge in [0, 0.05) is 76.7 Å². The number of hydrogen-bond donors (Lipinski definition) is 0. The molecule has 0 atom stereocenters. The summed E-state index contributed by atoms with van der Waals surface area (Å²) in [6, 6.07) is 4.09. The van der Waals surface area contributed by atoms with E-state index in [-0.39, 0.29) is 36.7 Å². The highest BCUT2D eigenvalue weighted by Gasteiger charge is 2.25. The largest absolute Gasteiger partial charge is 0.469 e. The van der Waals surface area contributed by atoms with Gasteiger partial charge in [-0.1, -0.05) is 0 Å². The van der Waals surface area contributed by atoms with Crippen LogP contribution in [0.3, 0.4) is 0 Å². The van der Waals surface area contributed by atoms with E-state index < -0.39 is 0 Å². The highest BCUT2D eigenvalue weighted by molar-refractivity contribution is 5.85. The van der Waals surface area contributed by atoms with Crippen LogP contribution >= 0.6 is 24.8 Å². The van der Waals surface area contributed by atoms with Crippen LogP contribution in [-0.4, -0.2) is 79.6 Å². The molecule has 0 spiro atoms. The van der Waals surface area contributed by atoms with Crippen molar-refractivity contribution >= 4 is 42.4 Å². The van der Waals surface area contributed by atoms with Gasteiger partial charge in [-0.2, -0.15) is 0 Å². The summed E-state index contributed by atoms with van der Waals surface area (Å²) in [6.07, 6.45) is 6.50. The van der Waals surface area contributed by atoms with Gasteiger partial charge in [0.1, 0.15) is 0 Å². The monoisotopic (exact) mass is 446 g/mol. The Balaban J connectivity index is 0.00000210. The standard InChI is InChI=1S/C20H30N4O3.2ClH/c1-27-20(26)16-17-4-10-24(11-5-17)19(25)6-9-22-12-14-23(15-13-22)18-2-7-21-8-3-18;;/h2-3,7-8,17H,4-6,9-16H2,1H3;2*1H. The van der Waals surface area contributed by atoms with Gasteiger partial charge in [0.2, 0.25) is 5.91 Å². The predicted molar refractivity (Wildman–Crippen MR) is 118 cm³/mol. The molecule has 1 aromatic rings. The number of carbonyl (C=O) groups excluding carboxylic acids is 2. The van der Waals surface area contributed by atoms with Crippen molar-refractivity contribution in [1.82, 2.24) is 14.8 Å². The lowest BCUT2D eigenvalue weighted by atomic mass is 9.93. The fraction of sp³-hybridized carbons (Fsp3) is 0.650. The predicted octanol–water partition coefficient (Wildman–Crippen LogP) is 2.24. The van der Waals surface area contributed by atoms with Gasteiger partial charge in [0.05, 0.1) is 7.11 Å². The third kappa shape index (κ3) is 7.64. The number of halogens is 2. The van der Waals surface area contributed by atoms with Crippen molar-refractivity contribution in [1.29, 1.82) is 0 Å². The van der Waals surface area contributed by atoms with E-state index in [9.17, 15) is 9.59 Å². The molecule has 1 amide bonds. The minimum absolute atomic E-state index is 0. The van der Waals surface area contributed by atoms with E-state index in [0.29, 0.717) is 18.8 Å². The second-order valence-corrected chi connectivity index (χ2v) is 7.39. The molecule has 0 unspecified atom stereocenters. The SMILES string of the molecule is COC(=O)CC1CCN(C(=O)CCN2CCN(c3ccncc3)CC2)CC1.Cl.Cl. The average molecular weight is 447 g/mol. The van der Waals surface area contributed by atoms with Crippen molar-refractivity contribution in [3.63, 3.8) is 0 Å². The number of methoxy groups -OCH3 is 1. The van der Waals surface area contributed by atoms with Crippen LogP contribution in [0.4, 0.5) is 5.69 Å². The molecule has 2 fully saturated rings. The summed E-state index contributed by atoms with van der Waals surface area (Å²) in [7, 11) is 1.43. The van der Waals surface area contributed by atoms with Gasteiger partial charge in [-0.05, 0) is 30.9 Å². The van der Waals surface area contributed by atoms with Gasteiger partial charge in [-0.3, -0.25) is 19.5 Å². The first-order chi connectivity index (χ1) is 13.2. The number of rotatable bonds is 6. The first kappa shape index (κ1) is 25.5. The summed E-state index contributed by atoms with van der Waals surface area (Å²) < 4.78 is 4.74. The van der Waals surface area contributed by atoms with Crippen molar-refractivity contribution in [2.45, 2.75) is 25.7 Å². The Bertz CT molecular complexity index is 619. The summed E-state index contributed by atoms with van der Waals surface area (Å²) in [5, 5.41) is 0. The number of carbonyl (C=O) groups is 2. The van der Waals surface area contributed by atoms with Crippen molar-refractivity contribution < 1.29 is 14.3 Å². The van der Waals surface area contributed by atoms with Crippen LogP contribution < -0.4 is 4.90 Å². The number of anilines is 1. The van der Waals surface area contributed by atoms with Crippen molar-refractivity contribution in [3.05, 3.63) is 24.5 Å². The maximum absolute atomic E-state index is 12.5. The summed E-state index contributed by atoms with van der Waals surface area (Å²) in [6.45, 7) is 6.28. The van der Waals surface area contributed by atoms with Crippen LogP contribution in [0, 0.1) is 5.92 Å². The van der Waals surface area contributed by atoms with E-state index in [2.05, 4.69) is 14.8 Å². The minimum atomic E-state index is -0.148. The second kappa shape index (κ2) is 12.9. The fourth-order valence-corrected chi connectivity index (χ4v) is 3.90. The maximum Gasteiger partial charge on any atom is 0.305 e. The highest BCUT2D eigenvalue weighted by Crippen LogP contribution is 2.21. The zero-order valence-corrected chi connectivity index (χ0v) is 18.6. The van der Waals surface area contributed by atoms with Gasteiger partial charge in [0.25, 0.3) is 0 Å². The molecular formula is C20H32Cl2N4O3. The average Bonchev–Trinajstić information content (AvgIpc) is 2.73. The van der Waals surface area contributed by atoms with Crippen LogP contribution in [0.1, 0.15) is 25.7 Å². The van der Waals surface area contributed by atoms with E-state index in [1.54, 1.807) is 0 Å². The molecule has 0 bridgehead atoms. The normalized spacial score (nSPS) is 17.8. The number of amides is 1. The summed E-state index contributed by atoms with van der Waals surface area (Å²) in [4.78, 5) is 34.6.